The number of carboxylic acid groups (broad SMARTS) is 1. The number of aromatic nitrogens is 1. The van der Waals surface area contributed by atoms with Crippen LogP contribution in [0.25, 0.3) is 32.6 Å². The molecule has 0 radical (unpaired) electrons. The van der Waals surface area contributed by atoms with Gasteiger partial charge in [-0.1, -0.05) is 30.3 Å². The van der Waals surface area contributed by atoms with Gasteiger partial charge in [0, 0.05) is 0 Å². The van der Waals surface area contributed by atoms with Crippen molar-refractivity contribution in [1.82, 2.24) is 4.98 Å². The molecule has 4 aromatic rings. The van der Waals surface area contributed by atoms with E-state index in [2.05, 4.69) is 4.98 Å². The highest BCUT2D eigenvalue weighted by atomic mass is 32.1. The minimum absolute atomic E-state index is 0.0690. The van der Waals surface area contributed by atoms with E-state index in [0.717, 1.165) is 37.3 Å². The van der Waals surface area contributed by atoms with Gasteiger partial charge in [-0.15, -0.1) is 11.3 Å². The lowest BCUT2D eigenvalue weighted by Gasteiger charge is -2.05. The maximum Gasteiger partial charge on any atom is 0.307 e. The van der Waals surface area contributed by atoms with Crippen LogP contribution >= 0.6 is 11.3 Å². The fourth-order valence-corrected chi connectivity index (χ4v) is 4.00. The largest absolute Gasteiger partial charge is 0.497 e. The van der Waals surface area contributed by atoms with Crippen LogP contribution < -0.4 is 4.74 Å². The van der Waals surface area contributed by atoms with Crippen molar-refractivity contribution in [3.8, 4) is 5.75 Å². The predicted molar refractivity (Wildman–Crippen MR) is 110 cm³/mol. The van der Waals surface area contributed by atoms with Crippen molar-refractivity contribution in [3.05, 3.63) is 71.2 Å². The van der Waals surface area contributed by atoms with Gasteiger partial charge in [0.05, 0.1) is 23.7 Å². The van der Waals surface area contributed by atoms with E-state index < -0.39 is 5.97 Å². The number of para-hydroxylation sites is 1. The number of hydrogen-bond acceptors (Lipinski definition) is 4. The van der Waals surface area contributed by atoms with E-state index in [0.29, 0.717) is 5.57 Å². The summed E-state index contributed by atoms with van der Waals surface area (Å²) in [6.45, 7) is 0. The Bertz CT molecular complexity index is 1140. The third kappa shape index (κ3) is 3.68. The minimum Gasteiger partial charge on any atom is -0.497 e. The smallest absolute Gasteiger partial charge is 0.307 e. The van der Waals surface area contributed by atoms with E-state index in [4.69, 9.17) is 4.74 Å². The zero-order chi connectivity index (χ0) is 18.8. The molecule has 0 saturated heterocycles. The molecule has 0 aliphatic carbocycles. The molecule has 0 aliphatic heterocycles. The lowest BCUT2D eigenvalue weighted by Crippen LogP contribution is -1.97. The van der Waals surface area contributed by atoms with Crippen LogP contribution in [0.4, 0.5) is 0 Å². The summed E-state index contributed by atoms with van der Waals surface area (Å²) in [5.74, 6) is -0.0575. The van der Waals surface area contributed by atoms with Crippen LogP contribution in [0.15, 0.2) is 60.7 Å². The highest BCUT2D eigenvalue weighted by Gasteiger charge is 2.12. The molecule has 4 rings (SSSR count). The van der Waals surface area contributed by atoms with E-state index >= 15 is 0 Å². The number of carbonyl (C=O) groups is 1. The first-order chi connectivity index (χ1) is 13.1. The second-order valence-electron chi connectivity index (χ2n) is 6.20. The number of ether oxygens (including phenoxy) is 1. The number of aliphatic carboxylic acids is 1. The summed E-state index contributed by atoms with van der Waals surface area (Å²) in [4.78, 5) is 16.0. The summed E-state index contributed by atoms with van der Waals surface area (Å²) in [5, 5.41) is 12.2. The summed E-state index contributed by atoms with van der Waals surface area (Å²) < 4.78 is 6.31. The van der Waals surface area contributed by atoms with E-state index in [1.807, 2.05) is 66.7 Å². The molecule has 27 heavy (non-hydrogen) atoms. The molecule has 4 nitrogen and oxygen atoms in total. The normalized spacial score (nSPS) is 11.8. The van der Waals surface area contributed by atoms with E-state index in [1.54, 1.807) is 7.11 Å². The summed E-state index contributed by atoms with van der Waals surface area (Å²) >= 11 is 1.52. The zero-order valence-corrected chi connectivity index (χ0v) is 15.5. The number of thiazole rings is 1. The average molecular weight is 375 g/mol. The maximum absolute atomic E-state index is 11.4. The average Bonchev–Trinajstić information content (AvgIpc) is 3.11. The molecule has 3 aromatic carbocycles. The Labute approximate surface area is 160 Å². The number of methoxy groups -OCH3 is 1. The molecule has 0 amide bonds. The maximum atomic E-state index is 11.4. The number of benzene rings is 3. The van der Waals surface area contributed by atoms with Gasteiger partial charge in [-0.05, 0) is 58.3 Å². The molecule has 0 bridgehead atoms. The van der Waals surface area contributed by atoms with Crippen LogP contribution in [-0.4, -0.2) is 23.2 Å². The topological polar surface area (TPSA) is 59.4 Å². The monoisotopic (exact) mass is 375 g/mol. The Balaban J connectivity index is 1.78. The fraction of sp³-hybridized carbons (Fsp3) is 0.0909. The number of fused-ring (bicyclic) bond motifs is 2. The quantitative estimate of drug-likeness (QED) is 0.502. The molecule has 5 heteroatoms. The SMILES string of the molecule is COc1ccc2cc(C=C(CC(=O)O)c3nc4ccccc4s3)ccc2c1. The Hall–Kier alpha value is -3.18. The van der Waals surface area contributed by atoms with Gasteiger partial charge in [-0.2, -0.15) is 0 Å². The Morgan fingerprint density at radius 2 is 1.89 bits per heavy atom. The Morgan fingerprint density at radius 3 is 2.67 bits per heavy atom. The van der Waals surface area contributed by atoms with Gasteiger partial charge in [0.1, 0.15) is 10.8 Å². The number of nitrogens with zero attached hydrogens (tertiary/aromatic N) is 1. The van der Waals surface area contributed by atoms with Gasteiger partial charge >= 0.3 is 5.97 Å². The Morgan fingerprint density at radius 1 is 1.11 bits per heavy atom. The van der Waals surface area contributed by atoms with Crippen molar-refractivity contribution in [2.45, 2.75) is 6.42 Å². The van der Waals surface area contributed by atoms with Crippen molar-refractivity contribution < 1.29 is 14.6 Å². The van der Waals surface area contributed by atoms with Gasteiger partial charge in [-0.25, -0.2) is 4.98 Å². The first-order valence-corrected chi connectivity index (χ1v) is 9.30. The standard InChI is InChI=1S/C22H17NO3S/c1-26-18-9-8-15-10-14(6-7-16(15)12-18)11-17(13-21(24)25)22-23-19-4-2-3-5-20(19)27-22/h2-12H,13H2,1H3,(H,24,25). The van der Waals surface area contributed by atoms with E-state index in [1.165, 1.54) is 11.3 Å². The molecule has 0 aliphatic rings. The van der Waals surface area contributed by atoms with Crippen molar-refractivity contribution in [3.63, 3.8) is 0 Å². The van der Waals surface area contributed by atoms with Crippen molar-refractivity contribution in [1.29, 1.82) is 0 Å². The molecule has 0 saturated carbocycles. The first-order valence-electron chi connectivity index (χ1n) is 8.48. The molecule has 0 unspecified atom stereocenters. The van der Waals surface area contributed by atoms with E-state index in [9.17, 15) is 9.90 Å². The third-order valence-electron chi connectivity index (χ3n) is 4.32. The van der Waals surface area contributed by atoms with Gasteiger partial charge in [-0.3, -0.25) is 4.79 Å². The molecule has 134 valence electrons. The van der Waals surface area contributed by atoms with Gasteiger partial charge in [0.15, 0.2) is 0 Å². The fourth-order valence-electron chi connectivity index (χ4n) is 3.02. The van der Waals surface area contributed by atoms with Crippen LogP contribution in [0.2, 0.25) is 0 Å². The molecule has 0 atom stereocenters. The highest BCUT2D eigenvalue weighted by Crippen LogP contribution is 2.31. The van der Waals surface area contributed by atoms with Crippen molar-refractivity contribution in [2.75, 3.05) is 7.11 Å². The van der Waals surface area contributed by atoms with Crippen LogP contribution in [0, 0.1) is 0 Å². The second kappa shape index (κ2) is 7.21. The molecular weight excluding hydrogens is 358 g/mol. The Kier molecular flexibility index (Phi) is 4.60. The molecule has 0 spiro atoms. The molecule has 1 heterocycles. The zero-order valence-electron chi connectivity index (χ0n) is 14.7. The number of carboxylic acids is 1. The van der Waals surface area contributed by atoms with Crippen molar-refractivity contribution in [2.24, 2.45) is 0 Å². The summed E-state index contributed by atoms with van der Waals surface area (Å²) in [5.41, 5.74) is 2.54. The number of hydrogen-bond donors (Lipinski definition) is 1. The molecular formula is C22H17NO3S. The molecule has 1 N–H and O–H groups in total. The second-order valence-corrected chi connectivity index (χ2v) is 7.23. The van der Waals surface area contributed by atoms with Crippen molar-refractivity contribution >= 4 is 49.9 Å². The van der Waals surface area contributed by atoms with Crippen LogP contribution in [-0.2, 0) is 4.79 Å². The predicted octanol–water partition coefficient (Wildman–Crippen LogP) is 5.47. The summed E-state index contributed by atoms with van der Waals surface area (Å²) in [6, 6.07) is 19.8. The molecule has 0 fully saturated rings. The molecule has 1 aromatic heterocycles. The van der Waals surface area contributed by atoms with Crippen LogP contribution in [0.1, 0.15) is 17.0 Å². The lowest BCUT2D eigenvalue weighted by molar-refractivity contribution is -0.135. The minimum atomic E-state index is -0.869. The van der Waals surface area contributed by atoms with E-state index in [-0.39, 0.29) is 6.42 Å². The highest BCUT2D eigenvalue weighted by molar-refractivity contribution is 7.19. The van der Waals surface area contributed by atoms with Crippen LogP contribution in [0.5, 0.6) is 5.75 Å². The van der Waals surface area contributed by atoms with Gasteiger partial charge < -0.3 is 9.84 Å². The first kappa shape index (κ1) is 17.2. The van der Waals surface area contributed by atoms with Gasteiger partial charge in [0.2, 0.25) is 0 Å². The van der Waals surface area contributed by atoms with Crippen LogP contribution in [0.3, 0.4) is 0 Å². The number of rotatable bonds is 5. The van der Waals surface area contributed by atoms with Gasteiger partial charge in [0.25, 0.3) is 0 Å². The summed E-state index contributed by atoms with van der Waals surface area (Å²) in [6.07, 6.45) is 1.84. The third-order valence-corrected chi connectivity index (χ3v) is 5.43. The summed E-state index contributed by atoms with van der Waals surface area (Å²) in [7, 11) is 1.65. The lowest BCUT2D eigenvalue weighted by atomic mass is 10.0.